The maximum absolute atomic E-state index is 12.5. The average Bonchev–Trinajstić information content (AvgIpc) is 3.04. The molecule has 0 fully saturated rings. The zero-order chi connectivity index (χ0) is 20.8. The molecule has 0 unspecified atom stereocenters. The minimum atomic E-state index is -0.215. The number of nitrogens with zero attached hydrogens (tertiary/aromatic N) is 3. The van der Waals surface area contributed by atoms with Crippen LogP contribution in [-0.2, 0) is 9.59 Å². The van der Waals surface area contributed by atoms with Gasteiger partial charge in [-0.1, -0.05) is 35.9 Å². The molecule has 1 aromatic heterocycles. The average molecular weight is 391 g/mol. The lowest BCUT2D eigenvalue weighted by Gasteiger charge is -2.16. The van der Waals surface area contributed by atoms with Crippen molar-refractivity contribution in [1.29, 1.82) is 0 Å². The highest BCUT2D eigenvalue weighted by atomic mass is 16.2. The number of aromatic nitrogens is 2. The summed E-state index contributed by atoms with van der Waals surface area (Å²) in [5.41, 5.74) is 3.53. The SMILES string of the molecule is Cc1ccc(NC(=O)CN(C)CC(=O)Nc2cc(C)nn2-c2ccccc2)cc1. The van der Waals surface area contributed by atoms with E-state index in [9.17, 15) is 9.59 Å². The second-order valence-electron chi connectivity index (χ2n) is 7.05. The van der Waals surface area contributed by atoms with Gasteiger partial charge in [-0.15, -0.1) is 0 Å². The maximum Gasteiger partial charge on any atom is 0.239 e. The van der Waals surface area contributed by atoms with Crippen LogP contribution < -0.4 is 10.6 Å². The lowest BCUT2D eigenvalue weighted by atomic mass is 10.2. The van der Waals surface area contributed by atoms with Crippen molar-refractivity contribution in [2.45, 2.75) is 13.8 Å². The summed E-state index contributed by atoms with van der Waals surface area (Å²) < 4.78 is 1.69. The number of nitrogens with one attached hydrogen (secondary N) is 2. The third-order valence-electron chi connectivity index (χ3n) is 4.26. The lowest BCUT2D eigenvalue weighted by molar-refractivity contribution is -0.119. The predicted molar refractivity (Wildman–Crippen MR) is 114 cm³/mol. The van der Waals surface area contributed by atoms with Crippen molar-refractivity contribution in [1.82, 2.24) is 14.7 Å². The van der Waals surface area contributed by atoms with Gasteiger partial charge in [0.1, 0.15) is 5.82 Å². The molecule has 7 heteroatoms. The molecular weight excluding hydrogens is 366 g/mol. The zero-order valence-electron chi connectivity index (χ0n) is 16.8. The fourth-order valence-corrected chi connectivity index (χ4v) is 2.92. The smallest absolute Gasteiger partial charge is 0.239 e. The van der Waals surface area contributed by atoms with Gasteiger partial charge in [-0.25, -0.2) is 4.68 Å². The summed E-state index contributed by atoms with van der Waals surface area (Å²) in [4.78, 5) is 26.3. The summed E-state index contributed by atoms with van der Waals surface area (Å²) in [5.74, 6) is 0.207. The quantitative estimate of drug-likeness (QED) is 0.649. The second kappa shape index (κ2) is 9.16. The van der Waals surface area contributed by atoms with Crippen molar-refractivity contribution >= 4 is 23.3 Å². The Hall–Kier alpha value is -3.45. The Balaban J connectivity index is 1.55. The second-order valence-corrected chi connectivity index (χ2v) is 7.05. The van der Waals surface area contributed by atoms with Crippen LogP contribution in [0.5, 0.6) is 0 Å². The fourth-order valence-electron chi connectivity index (χ4n) is 2.92. The minimum Gasteiger partial charge on any atom is -0.325 e. The van der Waals surface area contributed by atoms with Gasteiger partial charge in [0.2, 0.25) is 11.8 Å². The highest BCUT2D eigenvalue weighted by molar-refractivity contribution is 5.94. The number of hydrogen-bond acceptors (Lipinski definition) is 4. The van der Waals surface area contributed by atoms with Crippen molar-refractivity contribution < 1.29 is 9.59 Å². The molecule has 29 heavy (non-hydrogen) atoms. The molecule has 2 aromatic carbocycles. The predicted octanol–water partition coefficient (Wildman–Crippen LogP) is 3.00. The van der Waals surface area contributed by atoms with Crippen LogP contribution in [0.4, 0.5) is 11.5 Å². The minimum absolute atomic E-state index is 0.0837. The first-order valence-corrected chi connectivity index (χ1v) is 9.38. The molecule has 2 amide bonds. The third-order valence-corrected chi connectivity index (χ3v) is 4.26. The summed E-state index contributed by atoms with van der Waals surface area (Å²) >= 11 is 0. The first-order chi connectivity index (χ1) is 13.9. The molecule has 3 rings (SSSR count). The number of rotatable bonds is 7. The number of benzene rings is 2. The van der Waals surface area contributed by atoms with E-state index in [-0.39, 0.29) is 24.9 Å². The molecule has 0 aliphatic heterocycles. The number of hydrogen-bond donors (Lipinski definition) is 2. The molecule has 150 valence electrons. The molecule has 0 aliphatic rings. The van der Waals surface area contributed by atoms with Gasteiger partial charge in [0.05, 0.1) is 24.5 Å². The number of amides is 2. The van der Waals surface area contributed by atoms with E-state index in [0.29, 0.717) is 5.82 Å². The van der Waals surface area contributed by atoms with Crippen LogP contribution in [0.2, 0.25) is 0 Å². The lowest BCUT2D eigenvalue weighted by Crippen LogP contribution is -2.36. The first-order valence-electron chi connectivity index (χ1n) is 9.38. The van der Waals surface area contributed by atoms with E-state index in [0.717, 1.165) is 22.6 Å². The monoisotopic (exact) mass is 391 g/mol. The number of para-hydroxylation sites is 1. The summed E-state index contributed by atoms with van der Waals surface area (Å²) in [5, 5.41) is 10.1. The molecule has 3 aromatic rings. The Morgan fingerprint density at radius 3 is 2.21 bits per heavy atom. The number of carbonyl (C=O) groups excluding carboxylic acids is 2. The van der Waals surface area contributed by atoms with Crippen LogP contribution in [0.25, 0.3) is 5.69 Å². The van der Waals surface area contributed by atoms with E-state index in [2.05, 4.69) is 15.7 Å². The van der Waals surface area contributed by atoms with Gasteiger partial charge in [0.15, 0.2) is 0 Å². The van der Waals surface area contributed by atoms with E-state index in [1.54, 1.807) is 16.6 Å². The zero-order valence-corrected chi connectivity index (χ0v) is 16.8. The molecule has 0 saturated carbocycles. The fraction of sp³-hybridized carbons (Fsp3) is 0.227. The molecule has 0 aliphatic carbocycles. The standard InChI is InChI=1S/C22H25N5O2/c1-16-9-11-18(12-10-16)23-21(28)14-26(3)15-22(29)24-20-13-17(2)25-27(20)19-7-5-4-6-8-19/h4-13H,14-15H2,1-3H3,(H,23,28)(H,24,29). The van der Waals surface area contributed by atoms with Gasteiger partial charge in [0, 0.05) is 11.8 Å². The third kappa shape index (κ3) is 5.76. The van der Waals surface area contributed by atoms with Gasteiger partial charge in [-0.3, -0.25) is 14.5 Å². The van der Waals surface area contributed by atoms with E-state index >= 15 is 0 Å². The van der Waals surface area contributed by atoms with Crippen LogP contribution in [0.1, 0.15) is 11.3 Å². The van der Waals surface area contributed by atoms with Crippen molar-refractivity contribution in [2.75, 3.05) is 30.8 Å². The van der Waals surface area contributed by atoms with E-state index in [4.69, 9.17) is 0 Å². The van der Waals surface area contributed by atoms with E-state index in [1.165, 1.54) is 0 Å². The highest BCUT2D eigenvalue weighted by Crippen LogP contribution is 2.16. The molecule has 0 atom stereocenters. The molecular formula is C22H25N5O2. The van der Waals surface area contributed by atoms with Crippen LogP contribution >= 0.6 is 0 Å². The van der Waals surface area contributed by atoms with Gasteiger partial charge < -0.3 is 10.6 Å². The van der Waals surface area contributed by atoms with Crippen LogP contribution in [0, 0.1) is 13.8 Å². The summed E-state index contributed by atoms with van der Waals surface area (Å²) in [7, 11) is 1.73. The Labute approximate surface area is 170 Å². The summed E-state index contributed by atoms with van der Waals surface area (Å²) in [6.45, 7) is 4.05. The largest absolute Gasteiger partial charge is 0.325 e. The van der Waals surface area contributed by atoms with Gasteiger partial charge in [-0.2, -0.15) is 5.10 Å². The van der Waals surface area contributed by atoms with Gasteiger partial charge in [0.25, 0.3) is 0 Å². The highest BCUT2D eigenvalue weighted by Gasteiger charge is 2.14. The Kier molecular flexibility index (Phi) is 6.41. The summed E-state index contributed by atoms with van der Waals surface area (Å²) in [6.07, 6.45) is 0. The van der Waals surface area contributed by atoms with Crippen molar-refractivity contribution in [2.24, 2.45) is 0 Å². The number of aryl methyl sites for hydroxylation is 2. The Morgan fingerprint density at radius 2 is 1.55 bits per heavy atom. The first kappa shape index (κ1) is 20.3. The molecule has 0 bridgehead atoms. The molecule has 2 N–H and O–H groups in total. The number of likely N-dealkylation sites (N-methyl/N-ethyl adjacent to an activating group) is 1. The van der Waals surface area contributed by atoms with Crippen molar-refractivity contribution in [3.05, 3.63) is 71.9 Å². The van der Waals surface area contributed by atoms with Crippen LogP contribution in [-0.4, -0.2) is 46.6 Å². The topological polar surface area (TPSA) is 79.3 Å². The Morgan fingerprint density at radius 1 is 0.931 bits per heavy atom. The molecule has 7 nitrogen and oxygen atoms in total. The molecule has 0 saturated heterocycles. The normalized spacial score (nSPS) is 10.8. The van der Waals surface area contributed by atoms with Gasteiger partial charge >= 0.3 is 0 Å². The van der Waals surface area contributed by atoms with Crippen molar-refractivity contribution in [3.8, 4) is 5.69 Å². The molecule has 1 heterocycles. The van der Waals surface area contributed by atoms with Crippen LogP contribution in [0.15, 0.2) is 60.7 Å². The Bertz CT molecular complexity index is 980. The molecule has 0 radical (unpaired) electrons. The van der Waals surface area contributed by atoms with E-state index in [1.807, 2.05) is 74.5 Å². The number of anilines is 2. The van der Waals surface area contributed by atoms with Crippen molar-refractivity contribution in [3.63, 3.8) is 0 Å². The van der Waals surface area contributed by atoms with E-state index < -0.39 is 0 Å². The summed E-state index contributed by atoms with van der Waals surface area (Å²) in [6, 6.07) is 19.0. The molecule has 0 spiro atoms. The van der Waals surface area contributed by atoms with Crippen LogP contribution in [0.3, 0.4) is 0 Å². The maximum atomic E-state index is 12.5. The number of carbonyl (C=O) groups is 2. The van der Waals surface area contributed by atoms with Gasteiger partial charge in [-0.05, 0) is 45.2 Å².